The first-order chi connectivity index (χ1) is 9.56. The van der Waals surface area contributed by atoms with Gasteiger partial charge in [-0.3, -0.25) is 9.59 Å². The second-order valence-corrected chi connectivity index (χ2v) is 3.88. The Labute approximate surface area is 115 Å². The Morgan fingerprint density at radius 3 is 2.65 bits per heavy atom. The number of esters is 1. The standard InChI is InChI=1S/C12H14N4O4/c1-20-12(19)6-10(15-11(18)7-14-16-13)8-2-4-9(17)5-3-8/h2-5,10,17H,6-7H2,1H3,(H,15,18)/t10-/m0/s1. The molecule has 0 fully saturated rings. The van der Waals surface area contributed by atoms with E-state index in [1.807, 2.05) is 0 Å². The number of benzene rings is 1. The molecule has 0 unspecified atom stereocenters. The second kappa shape index (κ2) is 7.65. The fourth-order valence-corrected chi connectivity index (χ4v) is 1.54. The molecular weight excluding hydrogens is 264 g/mol. The molecule has 8 heteroatoms. The van der Waals surface area contributed by atoms with E-state index in [0.717, 1.165) is 0 Å². The highest BCUT2D eigenvalue weighted by molar-refractivity contribution is 5.79. The third-order valence-corrected chi connectivity index (χ3v) is 2.51. The minimum atomic E-state index is -0.621. The lowest BCUT2D eigenvalue weighted by molar-refractivity contribution is -0.141. The van der Waals surface area contributed by atoms with Gasteiger partial charge < -0.3 is 15.2 Å². The van der Waals surface area contributed by atoms with E-state index >= 15 is 0 Å². The van der Waals surface area contributed by atoms with Gasteiger partial charge in [0.25, 0.3) is 0 Å². The zero-order valence-corrected chi connectivity index (χ0v) is 10.8. The van der Waals surface area contributed by atoms with Gasteiger partial charge in [-0.25, -0.2) is 0 Å². The van der Waals surface area contributed by atoms with Crippen LogP contribution in [0.1, 0.15) is 18.0 Å². The number of nitrogens with one attached hydrogen (secondary N) is 1. The van der Waals surface area contributed by atoms with Crippen molar-refractivity contribution in [3.8, 4) is 5.75 Å². The van der Waals surface area contributed by atoms with Crippen LogP contribution in [0.5, 0.6) is 5.75 Å². The van der Waals surface area contributed by atoms with Crippen molar-refractivity contribution < 1.29 is 19.4 Å². The molecule has 0 aliphatic carbocycles. The minimum absolute atomic E-state index is 0.0662. The third-order valence-electron chi connectivity index (χ3n) is 2.51. The number of azide groups is 1. The number of hydrogen-bond acceptors (Lipinski definition) is 5. The molecule has 1 aromatic rings. The Morgan fingerprint density at radius 1 is 1.45 bits per heavy atom. The predicted octanol–water partition coefficient (Wildman–Crippen LogP) is 1.42. The highest BCUT2D eigenvalue weighted by Crippen LogP contribution is 2.20. The first kappa shape index (κ1) is 15.3. The molecule has 0 spiro atoms. The summed E-state index contributed by atoms with van der Waals surface area (Å²) in [6, 6.07) is 5.43. The van der Waals surface area contributed by atoms with Gasteiger partial charge in [0.2, 0.25) is 5.91 Å². The van der Waals surface area contributed by atoms with E-state index in [1.54, 1.807) is 12.1 Å². The van der Waals surface area contributed by atoms with E-state index in [0.29, 0.717) is 5.56 Å². The fraction of sp³-hybridized carbons (Fsp3) is 0.333. The zero-order valence-electron chi connectivity index (χ0n) is 10.8. The number of hydrogen-bond donors (Lipinski definition) is 2. The quantitative estimate of drug-likeness (QED) is 0.353. The van der Waals surface area contributed by atoms with Gasteiger partial charge >= 0.3 is 5.97 Å². The average molecular weight is 278 g/mol. The maximum absolute atomic E-state index is 11.5. The van der Waals surface area contributed by atoms with Crippen molar-refractivity contribution in [3.05, 3.63) is 40.3 Å². The molecule has 1 amide bonds. The first-order valence-electron chi connectivity index (χ1n) is 5.72. The van der Waals surface area contributed by atoms with E-state index in [2.05, 4.69) is 20.1 Å². The molecule has 0 saturated carbocycles. The van der Waals surface area contributed by atoms with Crippen LogP contribution in [0.3, 0.4) is 0 Å². The van der Waals surface area contributed by atoms with E-state index in [9.17, 15) is 14.7 Å². The van der Waals surface area contributed by atoms with Crippen LogP contribution in [0, 0.1) is 0 Å². The summed E-state index contributed by atoms with van der Waals surface area (Å²) >= 11 is 0. The Hall–Kier alpha value is -2.73. The summed E-state index contributed by atoms with van der Waals surface area (Å²) in [7, 11) is 1.25. The molecule has 1 aromatic carbocycles. The molecule has 0 radical (unpaired) electrons. The van der Waals surface area contributed by atoms with E-state index in [-0.39, 0.29) is 18.7 Å². The smallest absolute Gasteiger partial charge is 0.307 e. The van der Waals surface area contributed by atoms with Crippen LogP contribution in [0.25, 0.3) is 10.4 Å². The molecule has 0 saturated heterocycles. The van der Waals surface area contributed by atoms with Crippen LogP contribution in [0.4, 0.5) is 0 Å². The average Bonchev–Trinajstić information content (AvgIpc) is 2.45. The summed E-state index contributed by atoms with van der Waals surface area (Å²) in [5, 5.41) is 14.9. The largest absolute Gasteiger partial charge is 0.508 e. The lowest BCUT2D eigenvalue weighted by atomic mass is 10.0. The summed E-state index contributed by atoms with van der Waals surface area (Å²) in [6.07, 6.45) is -0.0662. The number of methoxy groups -OCH3 is 1. The van der Waals surface area contributed by atoms with Crippen LogP contribution in [0.2, 0.25) is 0 Å². The normalized spacial score (nSPS) is 11.1. The number of amides is 1. The number of carbonyl (C=O) groups is 2. The van der Waals surface area contributed by atoms with Crippen LogP contribution in [0.15, 0.2) is 29.4 Å². The first-order valence-corrected chi connectivity index (χ1v) is 5.72. The molecule has 0 heterocycles. The van der Waals surface area contributed by atoms with Gasteiger partial charge in [0.05, 0.1) is 19.6 Å². The molecule has 0 aliphatic heterocycles. The molecule has 0 bridgehead atoms. The Bertz CT molecular complexity index is 523. The Balaban J connectivity index is 2.84. The van der Waals surface area contributed by atoms with E-state index in [1.165, 1.54) is 19.2 Å². The van der Waals surface area contributed by atoms with Gasteiger partial charge in [0.1, 0.15) is 12.3 Å². The summed E-state index contributed by atoms with van der Waals surface area (Å²) < 4.78 is 4.57. The third kappa shape index (κ3) is 4.87. The van der Waals surface area contributed by atoms with Gasteiger partial charge in [0.15, 0.2) is 0 Å². The molecule has 1 rings (SSSR count). The minimum Gasteiger partial charge on any atom is -0.508 e. The summed E-state index contributed by atoms with van der Waals surface area (Å²) in [6.45, 7) is -0.355. The van der Waals surface area contributed by atoms with Gasteiger partial charge in [-0.2, -0.15) is 0 Å². The number of ether oxygens (including phenoxy) is 1. The van der Waals surface area contributed by atoms with E-state index < -0.39 is 17.9 Å². The van der Waals surface area contributed by atoms with Crippen molar-refractivity contribution in [1.29, 1.82) is 0 Å². The van der Waals surface area contributed by atoms with E-state index in [4.69, 9.17) is 5.53 Å². The SMILES string of the molecule is COC(=O)C[C@H](NC(=O)CN=[N+]=[N-])c1ccc(O)cc1. The van der Waals surface area contributed by atoms with Crippen molar-refractivity contribution in [3.63, 3.8) is 0 Å². The van der Waals surface area contributed by atoms with Crippen LogP contribution in [-0.4, -0.2) is 30.6 Å². The second-order valence-electron chi connectivity index (χ2n) is 3.88. The van der Waals surface area contributed by atoms with Crippen molar-refractivity contribution in [2.75, 3.05) is 13.7 Å². The fourth-order valence-electron chi connectivity index (χ4n) is 1.54. The van der Waals surface area contributed by atoms with Crippen molar-refractivity contribution in [1.82, 2.24) is 5.32 Å². The van der Waals surface area contributed by atoms with Gasteiger partial charge in [-0.05, 0) is 23.2 Å². The topological polar surface area (TPSA) is 124 Å². The molecular formula is C12H14N4O4. The van der Waals surface area contributed by atoms with Crippen molar-refractivity contribution in [2.45, 2.75) is 12.5 Å². The maximum Gasteiger partial charge on any atom is 0.307 e. The number of phenolic OH excluding ortho intramolecular Hbond substituents is 1. The molecule has 106 valence electrons. The number of aromatic hydroxyl groups is 1. The Morgan fingerprint density at radius 2 is 2.10 bits per heavy atom. The number of carbonyl (C=O) groups excluding carboxylic acids is 2. The predicted molar refractivity (Wildman–Crippen MR) is 69.6 cm³/mol. The van der Waals surface area contributed by atoms with Crippen LogP contribution in [-0.2, 0) is 14.3 Å². The zero-order chi connectivity index (χ0) is 15.0. The summed E-state index contributed by atoms with van der Waals surface area (Å²) in [5.74, 6) is -0.928. The lowest BCUT2D eigenvalue weighted by Gasteiger charge is -2.17. The molecule has 2 N–H and O–H groups in total. The molecule has 20 heavy (non-hydrogen) atoms. The Kier molecular flexibility index (Phi) is 5.86. The maximum atomic E-state index is 11.5. The summed E-state index contributed by atoms with van der Waals surface area (Å²) in [4.78, 5) is 25.4. The highest BCUT2D eigenvalue weighted by Gasteiger charge is 2.18. The lowest BCUT2D eigenvalue weighted by Crippen LogP contribution is -2.31. The molecule has 0 aliphatic rings. The number of rotatable bonds is 6. The summed E-state index contributed by atoms with van der Waals surface area (Å²) in [5.41, 5.74) is 8.78. The van der Waals surface area contributed by atoms with Crippen molar-refractivity contribution >= 4 is 11.9 Å². The molecule has 0 aromatic heterocycles. The van der Waals surface area contributed by atoms with Gasteiger partial charge in [-0.15, -0.1) is 0 Å². The monoisotopic (exact) mass is 278 g/mol. The highest BCUT2D eigenvalue weighted by atomic mass is 16.5. The van der Waals surface area contributed by atoms with Gasteiger partial charge in [0, 0.05) is 4.91 Å². The number of nitrogens with zero attached hydrogens (tertiary/aromatic N) is 3. The molecule has 8 nitrogen and oxygen atoms in total. The molecule has 1 atom stereocenters. The van der Waals surface area contributed by atoms with Crippen molar-refractivity contribution in [2.24, 2.45) is 5.11 Å². The number of phenols is 1. The van der Waals surface area contributed by atoms with Crippen LogP contribution >= 0.6 is 0 Å². The van der Waals surface area contributed by atoms with Gasteiger partial charge in [-0.1, -0.05) is 17.2 Å². The van der Waals surface area contributed by atoms with Crippen LogP contribution < -0.4 is 5.32 Å².